The van der Waals surface area contributed by atoms with Crippen LogP contribution >= 0.6 is 0 Å². The molecule has 1 aliphatic heterocycles. The van der Waals surface area contributed by atoms with Crippen molar-refractivity contribution in [3.05, 3.63) is 0 Å². The maximum absolute atomic E-state index is 8.75. The summed E-state index contributed by atoms with van der Waals surface area (Å²) in [4.78, 5) is 2.52. The molecule has 4 nitrogen and oxygen atoms in total. The molecule has 0 amide bonds. The number of likely N-dealkylation sites (tertiary alicyclic amines) is 1. The Labute approximate surface area is 97.5 Å². The second kappa shape index (κ2) is 4.62. The summed E-state index contributed by atoms with van der Waals surface area (Å²) in [5, 5.41) is 11.9. The number of oxime groups is 1. The van der Waals surface area contributed by atoms with Gasteiger partial charge in [0.25, 0.3) is 0 Å². The lowest BCUT2D eigenvalue weighted by Crippen LogP contribution is -2.45. The Kier molecular flexibility index (Phi) is 3.38. The van der Waals surface area contributed by atoms with Crippen molar-refractivity contribution in [2.75, 3.05) is 19.6 Å². The van der Waals surface area contributed by atoms with Crippen molar-refractivity contribution in [2.45, 2.75) is 39.0 Å². The lowest BCUT2D eigenvalue weighted by molar-refractivity contribution is 0.156. The smallest absolute Gasteiger partial charge is 0.145 e. The van der Waals surface area contributed by atoms with Crippen LogP contribution < -0.4 is 5.73 Å². The van der Waals surface area contributed by atoms with E-state index in [1.54, 1.807) is 0 Å². The van der Waals surface area contributed by atoms with Crippen LogP contribution in [0.25, 0.3) is 0 Å². The minimum Gasteiger partial charge on any atom is -0.409 e. The lowest BCUT2D eigenvalue weighted by atomic mass is 9.79. The predicted molar refractivity (Wildman–Crippen MR) is 64.5 cm³/mol. The van der Waals surface area contributed by atoms with E-state index in [4.69, 9.17) is 10.9 Å². The highest BCUT2D eigenvalue weighted by Gasteiger charge is 2.34. The molecule has 0 radical (unpaired) electrons. The highest BCUT2D eigenvalue weighted by molar-refractivity contribution is 5.85. The van der Waals surface area contributed by atoms with Gasteiger partial charge in [0, 0.05) is 5.41 Å². The van der Waals surface area contributed by atoms with Gasteiger partial charge in [-0.15, -0.1) is 0 Å². The summed E-state index contributed by atoms with van der Waals surface area (Å²) in [6, 6.07) is 0. The molecule has 0 bridgehead atoms. The van der Waals surface area contributed by atoms with Crippen molar-refractivity contribution in [2.24, 2.45) is 22.2 Å². The standard InChI is InChI=1S/C12H23N3O/c1-12(11(13)14-16)5-8-15(9-6-12)7-4-10-2-3-10/h10,16H,2-9H2,1H3,(H2,13,14). The molecule has 1 saturated carbocycles. The molecule has 2 rings (SSSR count). The van der Waals surface area contributed by atoms with E-state index in [-0.39, 0.29) is 5.41 Å². The molecule has 2 aliphatic rings. The molecular weight excluding hydrogens is 202 g/mol. The zero-order valence-electron chi connectivity index (χ0n) is 10.2. The predicted octanol–water partition coefficient (Wildman–Crippen LogP) is 1.63. The van der Waals surface area contributed by atoms with Gasteiger partial charge in [-0.3, -0.25) is 0 Å². The third-order valence-electron chi connectivity index (χ3n) is 4.24. The fraction of sp³-hybridized carbons (Fsp3) is 0.917. The molecule has 0 atom stereocenters. The van der Waals surface area contributed by atoms with E-state index < -0.39 is 0 Å². The zero-order chi connectivity index (χ0) is 11.6. The third kappa shape index (κ3) is 2.67. The van der Waals surface area contributed by atoms with E-state index in [9.17, 15) is 0 Å². The lowest BCUT2D eigenvalue weighted by Gasteiger charge is -2.38. The normalized spacial score (nSPS) is 26.9. The van der Waals surface area contributed by atoms with Crippen molar-refractivity contribution in [1.29, 1.82) is 0 Å². The summed E-state index contributed by atoms with van der Waals surface area (Å²) < 4.78 is 0. The number of amidine groups is 1. The van der Waals surface area contributed by atoms with E-state index in [0.717, 1.165) is 31.8 Å². The molecule has 1 saturated heterocycles. The van der Waals surface area contributed by atoms with Gasteiger partial charge < -0.3 is 15.8 Å². The molecule has 0 unspecified atom stereocenters. The summed E-state index contributed by atoms with van der Waals surface area (Å²) in [7, 11) is 0. The average molecular weight is 225 g/mol. The third-order valence-corrected chi connectivity index (χ3v) is 4.24. The Morgan fingerprint density at radius 1 is 1.44 bits per heavy atom. The molecular formula is C12H23N3O. The second-order valence-corrected chi connectivity index (χ2v) is 5.62. The largest absolute Gasteiger partial charge is 0.409 e. The van der Waals surface area contributed by atoms with Gasteiger partial charge in [-0.25, -0.2) is 0 Å². The molecule has 4 heteroatoms. The first-order chi connectivity index (χ1) is 7.64. The SMILES string of the molecule is CC1(C(N)=NO)CCN(CCC2CC2)CC1. The van der Waals surface area contributed by atoms with Crippen molar-refractivity contribution >= 4 is 5.84 Å². The number of hydrogen-bond acceptors (Lipinski definition) is 3. The maximum atomic E-state index is 8.75. The van der Waals surface area contributed by atoms with Crippen molar-refractivity contribution in [3.63, 3.8) is 0 Å². The van der Waals surface area contributed by atoms with Gasteiger partial charge in [-0.2, -0.15) is 0 Å². The Hall–Kier alpha value is -0.770. The van der Waals surface area contributed by atoms with Crippen LogP contribution in [0, 0.1) is 11.3 Å². The van der Waals surface area contributed by atoms with Crippen LogP contribution in [-0.4, -0.2) is 35.6 Å². The molecule has 2 fully saturated rings. The van der Waals surface area contributed by atoms with Gasteiger partial charge in [0.2, 0.25) is 0 Å². The quantitative estimate of drug-likeness (QED) is 0.331. The van der Waals surface area contributed by atoms with Crippen molar-refractivity contribution in [1.82, 2.24) is 4.90 Å². The summed E-state index contributed by atoms with van der Waals surface area (Å²) in [5.74, 6) is 1.41. The van der Waals surface area contributed by atoms with Gasteiger partial charge in [0.1, 0.15) is 5.84 Å². The Balaban J connectivity index is 1.76. The fourth-order valence-corrected chi connectivity index (χ4v) is 2.42. The molecule has 0 aromatic carbocycles. The Morgan fingerprint density at radius 3 is 2.56 bits per heavy atom. The monoisotopic (exact) mass is 225 g/mol. The summed E-state index contributed by atoms with van der Waals surface area (Å²) in [6.45, 7) is 5.50. The first kappa shape index (κ1) is 11.7. The highest BCUT2D eigenvalue weighted by atomic mass is 16.4. The minimum absolute atomic E-state index is 0.0924. The van der Waals surface area contributed by atoms with Gasteiger partial charge in [-0.1, -0.05) is 24.9 Å². The van der Waals surface area contributed by atoms with E-state index >= 15 is 0 Å². The van der Waals surface area contributed by atoms with Crippen LogP contribution in [0.15, 0.2) is 5.16 Å². The molecule has 1 heterocycles. The Bertz CT molecular complexity index is 265. The van der Waals surface area contributed by atoms with E-state index in [0.29, 0.717) is 5.84 Å². The summed E-state index contributed by atoms with van der Waals surface area (Å²) >= 11 is 0. The number of rotatable bonds is 4. The maximum Gasteiger partial charge on any atom is 0.145 e. The average Bonchev–Trinajstić information content (AvgIpc) is 3.11. The second-order valence-electron chi connectivity index (χ2n) is 5.62. The molecule has 92 valence electrons. The molecule has 0 spiro atoms. The summed E-state index contributed by atoms with van der Waals surface area (Å²) in [6.07, 6.45) is 6.26. The Morgan fingerprint density at radius 2 is 2.06 bits per heavy atom. The minimum atomic E-state index is -0.0924. The topological polar surface area (TPSA) is 61.9 Å². The van der Waals surface area contributed by atoms with Crippen molar-refractivity contribution in [3.8, 4) is 0 Å². The molecule has 0 aromatic heterocycles. The molecule has 0 aromatic rings. The van der Waals surface area contributed by atoms with Gasteiger partial charge in [-0.05, 0) is 44.8 Å². The van der Waals surface area contributed by atoms with Crippen LogP contribution in [0.2, 0.25) is 0 Å². The van der Waals surface area contributed by atoms with Crippen molar-refractivity contribution < 1.29 is 5.21 Å². The molecule has 16 heavy (non-hydrogen) atoms. The van der Waals surface area contributed by atoms with Crippen LogP contribution in [0.4, 0.5) is 0 Å². The van der Waals surface area contributed by atoms with Crippen LogP contribution in [0.5, 0.6) is 0 Å². The van der Waals surface area contributed by atoms with Gasteiger partial charge in [0.05, 0.1) is 0 Å². The molecule has 3 N–H and O–H groups in total. The summed E-state index contributed by atoms with van der Waals surface area (Å²) in [5.41, 5.74) is 5.65. The number of nitrogens with zero attached hydrogens (tertiary/aromatic N) is 2. The fourth-order valence-electron chi connectivity index (χ4n) is 2.42. The first-order valence-corrected chi connectivity index (χ1v) is 6.34. The van der Waals surface area contributed by atoms with Crippen LogP contribution in [0.3, 0.4) is 0 Å². The van der Waals surface area contributed by atoms with E-state index in [1.807, 2.05) is 0 Å². The van der Waals surface area contributed by atoms with Gasteiger partial charge >= 0.3 is 0 Å². The first-order valence-electron chi connectivity index (χ1n) is 6.34. The highest BCUT2D eigenvalue weighted by Crippen LogP contribution is 2.34. The number of nitrogens with two attached hydrogens (primary N) is 1. The zero-order valence-corrected chi connectivity index (χ0v) is 10.2. The molecule has 1 aliphatic carbocycles. The van der Waals surface area contributed by atoms with Crippen LogP contribution in [-0.2, 0) is 0 Å². The van der Waals surface area contributed by atoms with Gasteiger partial charge in [0.15, 0.2) is 0 Å². The van der Waals surface area contributed by atoms with E-state index in [1.165, 1.54) is 25.8 Å². The number of hydrogen-bond donors (Lipinski definition) is 2. The number of piperidine rings is 1. The van der Waals surface area contributed by atoms with Crippen LogP contribution in [0.1, 0.15) is 39.0 Å². The van der Waals surface area contributed by atoms with E-state index in [2.05, 4.69) is 17.0 Å².